The fourth-order valence-electron chi connectivity index (χ4n) is 4.38. The van der Waals surface area contributed by atoms with Gasteiger partial charge in [-0.1, -0.05) is 0 Å². The minimum Gasteiger partial charge on any atom is -0.489 e. The van der Waals surface area contributed by atoms with Gasteiger partial charge in [-0.25, -0.2) is 4.79 Å². The molecule has 8 heteroatoms. The molecular formula is C23H26N4O4. The molecule has 3 aliphatic heterocycles. The van der Waals surface area contributed by atoms with Gasteiger partial charge >= 0.3 is 6.03 Å². The lowest BCUT2D eigenvalue weighted by Gasteiger charge is -2.20. The van der Waals surface area contributed by atoms with Crippen LogP contribution < -0.4 is 10.1 Å². The van der Waals surface area contributed by atoms with Crippen LogP contribution in [0.25, 0.3) is 0 Å². The number of rotatable bonds is 4. The Morgan fingerprint density at radius 3 is 2.68 bits per heavy atom. The van der Waals surface area contributed by atoms with Crippen LogP contribution in [0, 0.1) is 0 Å². The molecule has 162 valence electrons. The highest BCUT2D eigenvalue weighted by atomic mass is 16.5. The number of benzene rings is 1. The molecule has 2 saturated heterocycles. The number of nitrogens with one attached hydrogen (secondary N) is 1. The van der Waals surface area contributed by atoms with Crippen molar-refractivity contribution in [2.45, 2.75) is 44.6 Å². The van der Waals surface area contributed by atoms with Gasteiger partial charge in [-0.2, -0.15) is 0 Å². The molecule has 1 aromatic heterocycles. The zero-order chi connectivity index (χ0) is 21.2. The summed E-state index contributed by atoms with van der Waals surface area (Å²) in [6.45, 7) is 3.12. The summed E-state index contributed by atoms with van der Waals surface area (Å²) in [6.07, 6.45) is 5.84. The number of ether oxygens (including phenoxy) is 2. The number of hydrogen-bond donors (Lipinski definition) is 1. The highest BCUT2D eigenvalue weighted by Gasteiger charge is 2.33. The highest BCUT2D eigenvalue weighted by Crippen LogP contribution is 2.25. The third-order valence-electron chi connectivity index (χ3n) is 6.08. The van der Waals surface area contributed by atoms with Gasteiger partial charge in [0.05, 0.1) is 6.54 Å². The van der Waals surface area contributed by atoms with E-state index in [4.69, 9.17) is 9.47 Å². The first-order chi connectivity index (χ1) is 15.2. The smallest absolute Gasteiger partial charge is 0.322 e. The Morgan fingerprint density at radius 1 is 1.06 bits per heavy atom. The number of amides is 3. The molecule has 1 aromatic carbocycles. The maximum absolute atomic E-state index is 12.6. The van der Waals surface area contributed by atoms with Crippen LogP contribution in [0.1, 0.15) is 30.4 Å². The lowest BCUT2D eigenvalue weighted by atomic mass is 10.2. The van der Waals surface area contributed by atoms with Gasteiger partial charge < -0.3 is 24.6 Å². The van der Waals surface area contributed by atoms with Crippen molar-refractivity contribution >= 4 is 17.6 Å². The molecule has 5 rings (SSSR count). The molecule has 2 aromatic rings. The molecule has 0 saturated carbocycles. The number of pyridine rings is 1. The zero-order valence-corrected chi connectivity index (χ0v) is 17.3. The topological polar surface area (TPSA) is 84.0 Å². The Hall–Kier alpha value is -3.13. The van der Waals surface area contributed by atoms with E-state index in [1.54, 1.807) is 11.1 Å². The first-order valence-corrected chi connectivity index (χ1v) is 10.8. The third kappa shape index (κ3) is 4.34. The number of hydrogen-bond acceptors (Lipinski definition) is 5. The quantitative estimate of drug-likeness (QED) is 0.819. The number of aromatic nitrogens is 1. The maximum Gasteiger partial charge on any atom is 0.322 e. The van der Waals surface area contributed by atoms with Crippen LogP contribution in [-0.2, 0) is 22.6 Å². The normalized spacial score (nSPS) is 22.5. The summed E-state index contributed by atoms with van der Waals surface area (Å²) in [5.41, 5.74) is 2.94. The van der Waals surface area contributed by atoms with Crippen molar-refractivity contribution in [3.63, 3.8) is 0 Å². The number of anilines is 1. The van der Waals surface area contributed by atoms with Gasteiger partial charge in [-0.15, -0.1) is 0 Å². The Morgan fingerprint density at radius 2 is 1.90 bits per heavy atom. The summed E-state index contributed by atoms with van der Waals surface area (Å²) in [5, 5.41) is 2.94. The summed E-state index contributed by atoms with van der Waals surface area (Å²) in [6, 6.07) is 9.19. The van der Waals surface area contributed by atoms with Gasteiger partial charge in [0, 0.05) is 50.7 Å². The Kier molecular flexibility index (Phi) is 5.46. The number of nitrogens with zero attached hydrogens (tertiary/aromatic N) is 3. The fraction of sp³-hybridized carbons (Fsp3) is 0.435. The third-order valence-corrected chi connectivity index (χ3v) is 6.08. The van der Waals surface area contributed by atoms with Crippen molar-refractivity contribution in [2.24, 2.45) is 0 Å². The monoisotopic (exact) mass is 422 g/mol. The van der Waals surface area contributed by atoms with Gasteiger partial charge in [0.25, 0.3) is 5.91 Å². The molecule has 0 radical (unpaired) electrons. The number of carbonyl (C=O) groups excluding carboxylic acids is 2. The number of fused-ring (bicyclic) bond motifs is 1. The molecule has 0 unspecified atom stereocenters. The van der Waals surface area contributed by atoms with Crippen molar-refractivity contribution in [3.05, 3.63) is 53.9 Å². The summed E-state index contributed by atoms with van der Waals surface area (Å²) in [5.74, 6) is 0.815. The van der Waals surface area contributed by atoms with Crippen molar-refractivity contribution in [1.82, 2.24) is 14.8 Å². The summed E-state index contributed by atoms with van der Waals surface area (Å²) < 4.78 is 11.6. The average Bonchev–Trinajstić information content (AvgIpc) is 3.55. The molecular weight excluding hydrogens is 396 g/mol. The molecule has 3 aliphatic rings. The van der Waals surface area contributed by atoms with Crippen LogP contribution in [0.5, 0.6) is 5.75 Å². The van der Waals surface area contributed by atoms with E-state index in [9.17, 15) is 9.59 Å². The van der Waals surface area contributed by atoms with Gasteiger partial charge in [-0.05, 0) is 54.3 Å². The molecule has 3 amide bonds. The molecule has 2 atom stereocenters. The largest absolute Gasteiger partial charge is 0.489 e. The molecule has 0 aliphatic carbocycles. The minimum atomic E-state index is -0.277. The average molecular weight is 422 g/mol. The van der Waals surface area contributed by atoms with Gasteiger partial charge in [0.2, 0.25) is 0 Å². The molecule has 1 N–H and O–H groups in total. The van der Waals surface area contributed by atoms with E-state index in [1.807, 2.05) is 41.4 Å². The maximum atomic E-state index is 12.6. The van der Waals surface area contributed by atoms with Crippen LogP contribution in [-0.4, -0.2) is 58.6 Å². The Bertz CT molecular complexity index is 933. The van der Waals surface area contributed by atoms with Crippen molar-refractivity contribution < 1.29 is 19.1 Å². The number of urea groups is 1. The van der Waals surface area contributed by atoms with Crippen LogP contribution in [0.4, 0.5) is 10.5 Å². The van der Waals surface area contributed by atoms with Crippen LogP contribution >= 0.6 is 0 Å². The highest BCUT2D eigenvalue weighted by molar-refractivity contribution is 5.89. The van der Waals surface area contributed by atoms with E-state index in [-0.39, 0.29) is 24.1 Å². The van der Waals surface area contributed by atoms with E-state index >= 15 is 0 Å². The van der Waals surface area contributed by atoms with Gasteiger partial charge in [-0.3, -0.25) is 9.78 Å². The molecule has 4 heterocycles. The predicted molar refractivity (Wildman–Crippen MR) is 114 cm³/mol. The fourth-order valence-corrected chi connectivity index (χ4v) is 4.38. The van der Waals surface area contributed by atoms with Gasteiger partial charge in [0.1, 0.15) is 18.0 Å². The van der Waals surface area contributed by atoms with Crippen molar-refractivity contribution in [3.8, 4) is 5.75 Å². The molecule has 31 heavy (non-hydrogen) atoms. The Labute approximate surface area is 181 Å². The SMILES string of the molecule is O=C(Nc1ccc(O[C@@H]2CCN(C(=O)[C@H]3CCCO3)C2)cc1)N1Cc2ccncc2C1. The first-order valence-electron chi connectivity index (χ1n) is 10.8. The first kappa shape index (κ1) is 19.8. The van der Waals surface area contributed by atoms with E-state index in [1.165, 1.54) is 0 Å². The lowest BCUT2D eigenvalue weighted by molar-refractivity contribution is -0.140. The standard InChI is InChI=1S/C23H26N4O4/c28-22(21-2-1-11-30-21)26-10-8-20(15-26)31-19-5-3-18(4-6-19)25-23(29)27-13-16-7-9-24-12-17(16)14-27/h3-7,9,12,20-21H,1-2,8,10-11,13-15H2,(H,25,29)/t20-,21-/m1/s1. The number of likely N-dealkylation sites (tertiary alicyclic amines) is 1. The van der Waals surface area contributed by atoms with Crippen LogP contribution in [0.3, 0.4) is 0 Å². The van der Waals surface area contributed by atoms with Crippen LogP contribution in [0.15, 0.2) is 42.7 Å². The van der Waals surface area contributed by atoms with Gasteiger partial charge in [0.15, 0.2) is 0 Å². The molecule has 0 spiro atoms. The lowest BCUT2D eigenvalue weighted by Crippen LogP contribution is -2.38. The van der Waals surface area contributed by atoms with E-state index in [2.05, 4.69) is 10.3 Å². The van der Waals surface area contributed by atoms with Crippen LogP contribution in [0.2, 0.25) is 0 Å². The second-order valence-electron chi connectivity index (χ2n) is 8.27. The molecule has 8 nitrogen and oxygen atoms in total. The Balaban J connectivity index is 1.11. The van der Waals surface area contributed by atoms with Crippen molar-refractivity contribution in [2.75, 3.05) is 25.0 Å². The number of carbonyl (C=O) groups is 2. The second kappa shape index (κ2) is 8.55. The van der Waals surface area contributed by atoms with E-state index in [0.29, 0.717) is 38.5 Å². The molecule has 0 bridgehead atoms. The molecule has 2 fully saturated rings. The predicted octanol–water partition coefficient (Wildman–Crippen LogP) is 2.79. The summed E-state index contributed by atoms with van der Waals surface area (Å²) >= 11 is 0. The van der Waals surface area contributed by atoms with E-state index in [0.717, 1.165) is 36.1 Å². The minimum absolute atomic E-state index is 0.0255. The summed E-state index contributed by atoms with van der Waals surface area (Å²) in [4.78, 5) is 32.8. The second-order valence-corrected chi connectivity index (χ2v) is 8.27. The summed E-state index contributed by atoms with van der Waals surface area (Å²) in [7, 11) is 0. The zero-order valence-electron chi connectivity index (χ0n) is 17.3. The van der Waals surface area contributed by atoms with E-state index < -0.39 is 0 Å². The van der Waals surface area contributed by atoms with Crippen molar-refractivity contribution in [1.29, 1.82) is 0 Å².